The molecule has 6 nitrogen and oxygen atoms in total. The Kier molecular flexibility index (Phi) is 4.43. The highest BCUT2D eigenvalue weighted by Crippen LogP contribution is 2.40. The summed E-state index contributed by atoms with van der Waals surface area (Å²) in [7, 11) is 0. The standard InChI is InChI=1S/C24H16FNO5/c25-16-9-7-14(8-10-16)21-20(22(27)19-12-15-4-1-2-6-18(15)31-19)23(28)24(29)26(21)13-17-5-3-11-30-17/h1-12,21,28H,13H2. The number of carbonyl (C=O) groups excluding carboxylic acids is 2. The third-order valence-corrected chi connectivity index (χ3v) is 5.29. The van der Waals surface area contributed by atoms with Crippen LogP contribution in [0.2, 0.25) is 0 Å². The fourth-order valence-electron chi connectivity index (χ4n) is 3.84. The number of nitrogens with zero attached hydrogens (tertiary/aromatic N) is 1. The van der Waals surface area contributed by atoms with Crippen molar-refractivity contribution in [1.29, 1.82) is 0 Å². The number of carbonyl (C=O) groups is 2. The topological polar surface area (TPSA) is 83.9 Å². The van der Waals surface area contributed by atoms with Crippen molar-refractivity contribution in [3.05, 3.63) is 107 Å². The van der Waals surface area contributed by atoms with E-state index < -0.39 is 29.3 Å². The fraction of sp³-hybridized carbons (Fsp3) is 0.0833. The van der Waals surface area contributed by atoms with E-state index in [0.29, 0.717) is 16.9 Å². The zero-order chi connectivity index (χ0) is 21.5. The first-order valence-corrected chi connectivity index (χ1v) is 9.58. The summed E-state index contributed by atoms with van der Waals surface area (Å²) < 4.78 is 24.5. The molecule has 1 unspecified atom stereocenters. The van der Waals surface area contributed by atoms with Crippen molar-refractivity contribution in [3.63, 3.8) is 0 Å². The fourth-order valence-corrected chi connectivity index (χ4v) is 3.84. The van der Waals surface area contributed by atoms with Gasteiger partial charge in [0.25, 0.3) is 5.91 Å². The van der Waals surface area contributed by atoms with Gasteiger partial charge in [0, 0.05) is 5.39 Å². The summed E-state index contributed by atoms with van der Waals surface area (Å²) in [4.78, 5) is 27.6. The number of halogens is 1. The van der Waals surface area contributed by atoms with Crippen LogP contribution < -0.4 is 0 Å². The summed E-state index contributed by atoms with van der Waals surface area (Å²) in [6.07, 6.45) is 1.47. The second-order valence-electron chi connectivity index (χ2n) is 7.21. The second-order valence-corrected chi connectivity index (χ2v) is 7.21. The number of para-hydroxylation sites is 1. The van der Waals surface area contributed by atoms with E-state index in [4.69, 9.17) is 8.83 Å². The largest absolute Gasteiger partial charge is 0.503 e. The van der Waals surface area contributed by atoms with E-state index in [-0.39, 0.29) is 17.9 Å². The van der Waals surface area contributed by atoms with Crippen LogP contribution in [0.25, 0.3) is 11.0 Å². The van der Waals surface area contributed by atoms with Gasteiger partial charge in [-0.05, 0) is 42.0 Å². The number of aliphatic hydroxyl groups excluding tert-OH is 1. The molecule has 1 aliphatic heterocycles. The lowest BCUT2D eigenvalue weighted by atomic mass is 9.95. The van der Waals surface area contributed by atoms with Crippen LogP contribution >= 0.6 is 0 Å². The lowest BCUT2D eigenvalue weighted by molar-refractivity contribution is -0.130. The van der Waals surface area contributed by atoms with E-state index >= 15 is 0 Å². The molecule has 1 aliphatic rings. The maximum atomic E-state index is 13.5. The van der Waals surface area contributed by atoms with Gasteiger partial charge in [0.1, 0.15) is 17.2 Å². The number of hydrogen-bond donors (Lipinski definition) is 1. The SMILES string of the molecule is O=C(C1=C(O)C(=O)N(Cc2ccco2)C1c1ccc(F)cc1)c1cc2ccccc2o1. The normalized spacial score (nSPS) is 16.5. The van der Waals surface area contributed by atoms with E-state index in [9.17, 15) is 19.1 Å². The number of rotatable bonds is 5. The number of Topliss-reactive ketones (excluding diaryl/α,β-unsaturated/α-hetero) is 1. The number of hydrogen-bond acceptors (Lipinski definition) is 5. The number of furan rings is 2. The third-order valence-electron chi connectivity index (χ3n) is 5.29. The van der Waals surface area contributed by atoms with Gasteiger partial charge in [0.15, 0.2) is 11.5 Å². The quantitative estimate of drug-likeness (QED) is 0.465. The van der Waals surface area contributed by atoms with Gasteiger partial charge in [0.2, 0.25) is 5.78 Å². The molecule has 4 aromatic rings. The van der Waals surface area contributed by atoms with Gasteiger partial charge in [-0.25, -0.2) is 4.39 Å². The Morgan fingerprint density at radius 3 is 2.55 bits per heavy atom. The Hall–Kier alpha value is -4.13. The highest BCUT2D eigenvalue weighted by Gasteiger charge is 2.44. The maximum Gasteiger partial charge on any atom is 0.290 e. The highest BCUT2D eigenvalue weighted by atomic mass is 19.1. The molecule has 0 radical (unpaired) electrons. The molecule has 0 aliphatic carbocycles. The van der Waals surface area contributed by atoms with Crippen LogP contribution in [0, 0.1) is 5.82 Å². The molecule has 0 spiro atoms. The van der Waals surface area contributed by atoms with Crippen molar-refractivity contribution >= 4 is 22.7 Å². The molecule has 0 fully saturated rings. The zero-order valence-corrected chi connectivity index (χ0v) is 16.1. The summed E-state index contributed by atoms with van der Waals surface area (Å²) in [6.45, 7) is 0.0227. The van der Waals surface area contributed by atoms with Crippen molar-refractivity contribution in [1.82, 2.24) is 4.90 Å². The molecule has 0 saturated heterocycles. The second kappa shape index (κ2) is 7.28. The molecule has 1 atom stereocenters. The Labute approximate surface area is 175 Å². The first-order valence-electron chi connectivity index (χ1n) is 9.58. The minimum atomic E-state index is -0.932. The van der Waals surface area contributed by atoms with Gasteiger partial charge in [0.05, 0.1) is 24.4 Å². The molecule has 0 saturated carbocycles. The summed E-state index contributed by atoms with van der Waals surface area (Å²) in [5.74, 6) is -1.97. The van der Waals surface area contributed by atoms with Gasteiger partial charge in [-0.2, -0.15) is 0 Å². The molecule has 2 aromatic heterocycles. The Bertz CT molecular complexity index is 1280. The minimum Gasteiger partial charge on any atom is -0.503 e. The molecule has 154 valence electrons. The minimum absolute atomic E-state index is 0.00232. The van der Waals surface area contributed by atoms with Crippen LogP contribution in [0.5, 0.6) is 0 Å². The van der Waals surface area contributed by atoms with Crippen LogP contribution in [0.1, 0.15) is 27.9 Å². The van der Waals surface area contributed by atoms with Crippen molar-refractivity contribution in [2.75, 3.05) is 0 Å². The van der Waals surface area contributed by atoms with E-state index in [0.717, 1.165) is 5.39 Å². The van der Waals surface area contributed by atoms with Crippen LogP contribution in [0.4, 0.5) is 4.39 Å². The first kappa shape index (κ1) is 18.9. The smallest absolute Gasteiger partial charge is 0.290 e. The lowest BCUT2D eigenvalue weighted by Crippen LogP contribution is -2.30. The Morgan fingerprint density at radius 1 is 1.06 bits per heavy atom. The molecule has 3 heterocycles. The molecular formula is C24H16FNO5. The number of ketones is 1. The predicted octanol–water partition coefficient (Wildman–Crippen LogP) is 4.94. The molecule has 1 amide bonds. The molecule has 1 N–H and O–H groups in total. The van der Waals surface area contributed by atoms with Crippen LogP contribution in [0.15, 0.2) is 93.2 Å². The summed E-state index contributed by atoms with van der Waals surface area (Å²) in [6, 6.07) is 16.6. The predicted molar refractivity (Wildman–Crippen MR) is 109 cm³/mol. The first-order chi connectivity index (χ1) is 15.0. The monoisotopic (exact) mass is 417 g/mol. The molecule has 7 heteroatoms. The van der Waals surface area contributed by atoms with E-state index in [2.05, 4.69) is 0 Å². The molecular weight excluding hydrogens is 401 g/mol. The molecule has 2 aromatic carbocycles. The number of aliphatic hydroxyl groups is 1. The zero-order valence-electron chi connectivity index (χ0n) is 16.1. The average molecular weight is 417 g/mol. The number of amides is 1. The van der Waals surface area contributed by atoms with Crippen LogP contribution in [0.3, 0.4) is 0 Å². The van der Waals surface area contributed by atoms with Gasteiger partial charge in [-0.3, -0.25) is 9.59 Å². The van der Waals surface area contributed by atoms with Crippen molar-refractivity contribution in [2.45, 2.75) is 12.6 Å². The van der Waals surface area contributed by atoms with Gasteiger partial charge in [-0.15, -0.1) is 0 Å². The molecule has 31 heavy (non-hydrogen) atoms. The summed E-state index contributed by atoms with van der Waals surface area (Å²) in [5.41, 5.74) is 0.869. The average Bonchev–Trinajstić information content (AvgIpc) is 3.49. The lowest BCUT2D eigenvalue weighted by Gasteiger charge is -2.25. The highest BCUT2D eigenvalue weighted by molar-refractivity contribution is 6.15. The van der Waals surface area contributed by atoms with E-state index in [1.54, 1.807) is 36.4 Å². The van der Waals surface area contributed by atoms with Gasteiger partial charge >= 0.3 is 0 Å². The molecule has 5 rings (SSSR count). The van der Waals surface area contributed by atoms with Crippen LogP contribution in [-0.4, -0.2) is 21.7 Å². The number of fused-ring (bicyclic) bond motifs is 1. The summed E-state index contributed by atoms with van der Waals surface area (Å²) >= 11 is 0. The van der Waals surface area contributed by atoms with Crippen LogP contribution in [-0.2, 0) is 11.3 Å². The van der Waals surface area contributed by atoms with Crippen molar-refractivity contribution < 1.29 is 27.9 Å². The van der Waals surface area contributed by atoms with Crippen molar-refractivity contribution in [2.24, 2.45) is 0 Å². The third kappa shape index (κ3) is 3.20. The van der Waals surface area contributed by atoms with Gasteiger partial charge in [-0.1, -0.05) is 30.3 Å². The Morgan fingerprint density at radius 2 is 1.84 bits per heavy atom. The molecule has 0 bridgehead atoms. The Balaban J connectivity index is 1.61. The number of benzene rings is 2. The van der Waals surface area contributed by atoms with E-state index in [1.165, 1.54) is 35.4 Å². The maximum absolute atomic E-state index is 13.5. The van der Waals surface area contributed by atoms with Crippen molar-refractivity contribution in [3.8, 4) is 0 Å². The van der Waals surface area contributed by atoms with Gasteiger partial charge < -0.3 is 18.8 Å². The summed E-state index contributed by atoms with van der Waals surface area (Å²) in [5, 5.41) is 11.4. The van der Waals surface area contributed by atoms with E-state index in [1.807, 2.05) is 6.07 Å².